The van der Waals surface area contributed by atoms with Crippen LogP contribution in [0, 0.1) is 5.92 Å². The van der Waals surface area contributed by atoms with Crippen LogP contribution in [0.5, 0.6) is 0 Å². The van der Waals surface area contributed by atoms with Crippen LogP contribution in [-0.4, -0.2) is 37.1 Å². The van der Waals surface area contributed by atoms with Crippen molar-refractivity contribution in [1.29, 1.82) is 0 Å². The molecule has 0 aromatic heterocycles. The number of ether oxygens (including phenoxy) is 1. The molecule has 0 atom stereocenters. The predicted octanol–water partition coefficient (Wildman–Crippen LogP) is 1.53. The Labute approximate surface area is 81.1 Å². The molecule has 0 aliphatic rings. The van der Waals surface area contributed by atoms with E-state index in [2.05, 4.69) is 25.7 Å². The lowest BCUT2D eigenvalue weighted by Gasteiger charge is -2.21. The van der Waals surface area contributed by atoms with Crippen LogP contribution in [0.2, 0.25) is 0 Å². The maximum Gasteiger partial charge on any atom is 0.302 e. The van der Waals surface area contributed by atoms with Gasteiger partial charge in [-0.2, -0.15) is 0 Å². The van der Waals surface area contributed by atoms with Crippen molar-refractivity contribution in [1.82, 2.24) is 4.90 Å². The van der Waals surface area contributed by atoms with E-state index in [1.165, 1.54) is 6.92 Å². The zero-order valence-electron chi connectivity index (χ0n) is 9.17. The van der Waals surface area contributed by atoms with Gasteiger partial charge in [0.2, 0.25) is 0 Å². The first-order valence-electron chi connectivity index (χ1n) is 4.92. The fraction of sp³-hybridized carbons (Fsp3) is 0.900. The first kappa shape index (κ1) is 12.4. The van der Waals surface area contributed by atoms with E-state index in [4.69, 9.17) is 4.74 Å². The summed E-state index contributed by atoms with van der Waals surface area (Å²) in [6, 6.07) is 0. The van der Waals surface area contributed by atoms with Crippen molar-refractivity contribution in [2.24, 2.45) is 5.92 Å². The van der Waals surface area contributed by atoms with Crippen LogP contribution in [-0.2, 0) is 9.53 Å². The minimum atomic E-state index is -0.194. The molecule has 0 spiro atoms. The molecule has 3 heteroatoms. The first-order valence-corrected chi connectivity index (χ1v) is 4.92. The third-order valence-corrected chi connectivity index (χ3v) is 1.78. The van der Waals surface area contributed by atoms with Crippen molar-refractivity contribution < 1.29 is 9.53 Å². The number of hydrogen-bond donors (Lipinski definition) is 0. The summed E-state index contributed by atoms with van der Waals surface area (Å²) in [5, 5.41) is 0. The van der Waals surface area contributed by atoms with Crippen molar-refractivity contribution >= 4 is 5.97 Å². The molecule has 13 heavy (non-hydrogen) atoms. The van der Waals surface area contributed by atoms with Crippen LogP contribution >= 0.6 is 0 Å². The fourth-order valence-electron chi connectivity index (χ4n) is 1.21. The van der Waals surface area contributed by atoms with Crippen LogP contribution < -0.4 is 0 Å². The maximum absolute atomic E-state index is 10.5. The molecule has 0 radical (unpaired) electrons. The van der Waals surface area contributed by atoms with E-state index in [1.54, 1.807) is 0 Å². The number of carbonyl (C=O) groups is 1. The van der Waals surface area contributed by atoms with Gasteiger partial charge in [-0.3, -0.25) is 9.69 Å². The third-order valence-electron chi connectivity index (χ3n) is 1.78. The summed E-state index contributed by atoms with van der Waals surface area (Å²) >= 11 is 0. The van der Waals surface area contributed by atoms with Gasteiger partial charge < -0.3 is 4.74 Å². The molecule has 0 aliphatic heterocycles. The van der Waals surface area contributed by atoms with E-state index in [0.29, 0.717) is 12.5 Å². The molecule has 0 aliphatic carbocycles. The molecule has 0 rings (SSSR count). The molecule has 0 fully saturated rings. The van der Waals surface area contributed by atoms with Crippen molar-refractivity contribution in [2.75, 3.05) is 26.2 Å². The highest BCUT2D eigenvalue weighted by atomic mass is 16.5. The molecule has 0 saturated heterocycles. The van der Waals surface area contributed by atoms with Crippen molar-refractivity contribution in [2.45, 2.75) is 27.7 Å². The Balaban J connectivity index is 3.53. The highest BCUT2D eigenvalue weighted by Crippen LogP contribution is 1.97. The van der Waals surface area contributed by atoms with Gasteiger partial charge in [0.05, 0.1) is 0 Å². The topological polar surface area (TPSA) is 29.5 Å². The number of nitrogens with zero attached hydrogens (tertiary/aromatic N) is 1. The smallest absolute Gasteiger partial charge is 0.302 e. The summed E-state index contributed by atoms with van der Waals surface area (Å²) < 4.78 is 4.88. The van der Waals surface area contributed by atoms with Gasteiger partial charge in [0.15, 0.2) is 0 Å². The van der Waals surface area contributed by atoms with Gasteiger partial charge in [0, 0.05) is 20.0 Å². The van der Waals surface area contributed by atoms with Crippen molar-refractivity contribution in [3.05, 3.63) is 0 Å². The zero-order chi connectivity index (χ0) is 10.3. The number of carbonyl (C=O) groups excluding carboxylic acids is 1. The molecule has 0 saturated carbocycles. The lowest BCUT2D eigenvalue weighted by Crippen LogP contribution is -2.31. The molecule has 3 nitrogen and oxygen atoms in total. The molecule has 0 amide bonds. The average Bonchev–Trinajstić information content (AvgIpc) is 2.01. The van der Waals surface area contributed by atoms with Gasteiger partial charge in [-0.05, 0) is 12.5 Å². The summed E-state index contributed by atoms with van der Waals surface area (Å²) in [4.78, 5) is 12.8. The Hall–Kier alpha value is -0.570. The van der Waals surface area contributed by atoms with Gasteiger partial charge in [0.25, 0.3) is 0 Å². The molecule has 0 unspecified atom stereocenters. The highest BCUT2D eigenvalue weighted by molar-refractivity contribution is 5.65. The summed E-state index contributed by atoms with van der Waals surface area (Å²) in [6.45, 7) is 11.4. The van der Waals surface area contributed by atoms with Crippen LogP contribution in [0.1, 0.15) is 27.7 Å². The molecule has 0 aromatic rings. The Morgan fingerprint density at radius 2 is 2.08 bits per heavy atom. The third kappa shape index (κ3) is 7.78. The van der Waals surface area contributed by atoms with E-state index >= 15 is 0 Å². The minimum absolute atomic E-state index is 0.194. The van der Waals surface area contributed by atoms with Crippen LogP contribution in [0.3, 0.4) is 0 Å². The molecule has 78 valence electrons. The molecule has 0 bridgehead atoms. The van der Waals surface area contributed by atoms with E-state index in [0.717, 1.165) is 19.6 Å². The van der Waals surface area contributed by atoms with Crippen LogP contribution in [0.4, 0.5) is 0 Å². The Kier molecular flexibility index (Phi) is 6.59. The van der Waals surface area contributed by atoms with Gasteiger partial charge >= 0.3 is 5.97 Å². The van der Waals surface area contributed by atoms with Crippen LogP contribution in [0.25, 0.3) is 0 Å². The monoisotopic (exact) mass is 187 g/mol. The van der Waals surface area contributed by atoms with E-state index < -0.39 is 0 Å². The molecule has 0 heterocycles. The second kappa shape index (κ2) is 6.89. The van der Waals surface area contributed by atoms with Crippen molar-refractivity contribution in [3.63, 3.8) is 0 Å². The Morgan fingerprint density at radius 1 is 1.46 bits per heavy atom. The summed E-state index contributed by atoms with van der Waals surface area (Å²) in [7, 11) is 0. The lowest BCUT2D eigenvalue weighted by atomic mass is 10.2. The van der Waals surface area contributed by atoms with Crippen LogP contribution in [0.15, 0.2) is 0 Å². The van der Waals surface area contributed by atoms with E-state index in [-0.39, 0.29) is 5.97 Å². The quantitative estimate of drug-likeness (QED) is 0.591. The number of likely N-dealkylation sites (N-methyl/N-ethyl adjacent to an activating group) is 1. The zero-order valence-corrected chi connectivity index (χ0v) is 9.17. The fourth-order valence-corrected chi connectivity index (χ4v) is 1.21. The minimum Gasteiger partial charge on any atom is -0.465 e. The Morgan fingerprint density at radius 3 is 2.46 bits per heavy atom. The number of hydrogen-bond acceptors (Lipinski definition) is 3. The van der Waals surface area contributed by atoms with Gasteiger partial charge in [-0.1, -0.05) is 20.8 Å². The molecular formula is C10H21NO2. The van der Waals surface area contributed by atoms with Gasteiger partial charge in [-0.25, -0.2) is 0 Å². The molecule has 0 N–H and O–H groups in total. The summed E-state index contributed by atoms with van der Waals surface area (Å²) in [5.74, 6) is 0.470. The van der Waals surface area contributed by atoms with Gasteiger partial charge in [0.1, 0.15) is 6.61 Å². The largest absolute Gasteiger partial charge is 0.465 e. The normalized spacial score (nSPS) is 10.9. The van der Waals surface area contributed by atoms with E-state index in [9.17, 15) is 4.79 Å². The second-order valence-corrected chi connectivity index (χ2v) is 3.63. The number of esters is 1. The maximum atomic E-state index is 10.5. The first-order chi connectivity index (χ1) is 6.06. The lowest BCUT2D eigenvalue weighted by molar-refractivity contribution is -0.141. The average molecular weight is 187 g/mol. The standard InChI is InChI=1S/C10H21NO2/c1-5-11(8-9(2)3)6-7-13-10(4)12/h9H,5-8H2,1-4H3. The summed E-state index contributed by atoms with van der Waals surface area (Å²) in [5.41, 5.74) is 0. The van der Waals surface area contributed by atoms with E-state index in [1.807, 2.05) is 0 Å². The molecular weight excluding hydrogens is 166 g/mol. The summed E-state index contributed by atoms with van der Waals surface area (Å²) in [6.07, 6.45) is 0. The Bertz CT molecular complexity index is 146. The van der Waals surface area contributed by atoms with Crippen molar-refractivity contribution in [3.8, 4) is 0 Å². The molecule has 0 aromatic carbocycles. The predicted molar refractivity (Wildman–Crippen MR) is 53.6 cm³/mol. The second-order valence-electron chi connectivity index (χ2n) is 3.63. The van der Waals surface area contributed by atoms with Gasteiger partial charge in [-0.15, -0.1) is 0 Å². The SMILES string of the molecule is CCN(CCOC(C)=O)CC(C)C. The number of rotatable bonds is 6. The highest BCUT2D eigenvalue weighted by Gasteiger charge is 2.04.